The summed E-state index contributed by atoms with van der Waals surface area (Å²) in [5, 5.41) is 0.543. The lowest BCUT2D eigenvalue weighted by Gasteiger charge is -2.17. The number of esters is 1. The van der Waals surface area contributed by atoms with Gasteiger partial charge in [0.05, 0.1) is 0 Å². The van der Waals surface area contributed by atoms with Crippen molar-refractivity contribution in [2.75, 3.05) is 13.7 Å². The summed E-state index contributed by atoms with van der Waals surface area (Å²) < 4.78 is 33.4. The number of benzene rings is 2. The first-order valence-corrected chi connectivity index (χ1v) is 8.59. The lowest BCUT2D eigenvalue weighted by Crippen LogP contribution is -2.30. The van der Waals surface area contributed by atoms with Gasteiger partial charge in [-0.1, -0.05) is 35.9 Å². The van der Waals surface area contributed by atoms with Crippen LogP contribution in [-0.4, -0.2) is 37.0 Å². The average molecular weight is 410 g/mol. The quantitative estimate of drug-likeness (QED) is 0.485. The van der Waals surface area contributed by atoms with Crippen LogP contribution in [0.3, 0.4) is 0 Å². The second-order valence-corrected chi connectivity index (χ2v) is 6.20. The van der Waals surface area contributed by atoms with E-state index >= 15 is 0 Å². The predicted molar refractivity (Wildman–Crippen MR) is 101 cm³/mol. The highest BCUT2D eigenvalue weighted by Gasteiger charge is 2.12. The summed E-state index contributed by atoms with van der Waals surface area (Å²) in [5.74, 6) is -1.03. The Hall–Kier alpha value is -2.93. The topological polar surface area (TPSA) is 55.8 Å². The van der Waals surface area contributed by atoms with Crippen molar-refractivity contribution in [3.63, 3.8) is 0 Å². The fraction of sp³-hybridized carbons (Fsp3) is 0.200. The Bertz CT molecular complexity index is 840. The van der Waals surface area contributed by atoms with Crippen molar-refractivity contribution in [3.8, 4) is 5.75 Å². The van der Waals surface area contributed by atoms with Crippen LogP contribution < -0.4 is 4.74 Å². The molecular weight excluding hydrogens is 392 g/mol. The molecule has 0 bridgehead atoms. The van der Waals surface area contributed by atoms with Gasteiger partial charge in [0.25, 0.3) is 5.91 Å². The van der Waals surface area contributed by atoms with Crippen LogP contribution in [0.1, 0.15) is 11.1 Å². The fourth-order valence-electron chi connectivity index (χ4n) is 2.20. The Morgan fingerprint density at radius 2 is 1.89 bits per heavy atom. The molecule has 28 heavy (non-hydrogen) atoms. The molecule has 0 heterocycles. The number of likely N-dealkylation sites (N-methyl/N-ethyl adjacent to an activating group) is 1. The molecule has 5 nitrogen and oxygen atoms in total. The maximum Gasteiger partial charge on any atom is 0.387 e. The zero-order valence-electron chi connectivity index (χ0n) is 15.0. The summed E-state index contributed by atoms with van der Waals surface area (Å²) >= 11 is 5.85. The van der Waals surface area contributed by atoms with Crippen LogP contribution in [0.15, 0.2) is 54.6 Å². The minimum atomic E-state index is -2.89. The van der Waals surface area contributed by atoms with Crippen molar-refractivity contribution in [2.24, 2.45) is 0 Å². The molecule has 0 atom stereocenters. The van der Waals surface area contributed by atoms with Crippen LogP contribution in [0.2, 0.25) is 5.02 Å². The Labute approximate surface area is 166 Å². The van der Waals surface area contributed by atoms with Gasteiger partial charge in [-0.3, -0.25) is 4.79 Å². The van der Waals surface area contributed by atoms with Gasteiger partial charge in [0.1, 0.15) is 5.75 Å². The van der Waals surface area contributed by atoms with Crippen molar-refractivity contribution in [2.45, 2.75) is 13.2 Å². The van der Waals surface area contributed by atoms with E-state index in [-0.39, 0.29) is 12.3 Å². The van der Waals surface area contributed by atoms with Crippen molar-refractivity contribution in [3.05, 3.63) is 70.8 Å². The number of amides is 1. The molecule has 0 fully saturated rings. The molecule has 0 aliphatic rings. The van der Waals surface area contributed by atoms with Gasteiger partial charge in [0.15, 0.2) is 6.61 Å². The number of alkyl halides is 2. The van der Waals surface area contributed by atoms with Gasteiger partial charge in [-0.2, -0.15) is 8.78 Å². The maximum absolute atomic E-state index is 12.1. The average Bonchev–Trinajstić information content (AvgIpc) is 2.65. The molecule has 2 aromatic carbocycles. The Morgan fingerprint density at radius 3 is 2.54 bits per heavy atom. The second-order valence-electron chi connectivity index (χ2n) is 5.77. The third-order valence-corrected chi connectivity index (χ3v) is 3.83. The molecule has 0 aromatic heterocycles. The lowest BCUT2D eigenvalue weighted by molar-refractivity contribution is -0.147. The summed E-state index contributed by atoms with van der Waals surface area (Å²) in [7, 11) is 1.54. The highest BCUT2D eigenvalue weighted by molar-refractivity contribution is 6.30. The molecule has 0 N–H and O–H groups in total. The molecule has 148 valence electrons. The van der Waals surface area contributed by atoms with Crippen LogP contribution in [0, 0.1) is 0 Å². The molecule has 0 unspecified atom stereocenters. The monoisotopic (exact) mass is 409 g/mol. The number of carbonyl (C=O) groups is 2. The highest BCUT2D eigenvalue weighted by Crippen LogP contribution is 2.16. The van der Waals surface area contributed by atoms with Crippen molar-refractivity contribution < 1.29 is 27.8 Å². The SMILES string of the molecule is CN(Cc1ccc(OC(F)F)cc1)C(=O)COC(=O)/C=C/c1cccc(Cl)c1. The molecule has 8 heteroatoms. The van der Waals surface area contributed by atoms with Crippen LogP contribution in [0.5, 0.6) is 5.75 Å². The van der Waals surface area contributed by atoms with Crippen molar-refractivity contribution in [1.29, 1.82) is 0 Å². The number of nitrogens with zero attached hydrogens (tertiary/aromatic N) is 1. The van der Waals surface area contributed by atoms with E-state index < -0.39 is 25.1 Å². The summed E-state index contributed by atoms with van der Waals surface area (Å²) in [6.07, 6.45) is 2.74. The maximum atomic E-state index is 12.1. The molecular formula is C20H18ClF2NO4. The molecule has 0 aliphatic heterocycles. The van der Waals surface area contributed by atoms with Gasteiger partial charge in [-0.05, 0) is 41.5 Å². The molecule has 0 radical (unpaired) electrons. The number of hydrogen-bond donors (Lipinski definition) is 0. The summed E-state index contributed by atoms with van der Waals surface area (Å²) in [4.78, 5) is 25.1. The van der Waals surface area contributed by atoms with E-state index in [0.717, 1.165) is 5.56 Å². The number of hydrogen-bond acceptors (Lipinski definition) is 4. The van der Waals surface area contributed by atoms with Gasteiger partial charge in [-0.25, -0.2) is 4.79 Å². The van der Waals surface area contributed by atoms with Crippen molar-refractivity contribution in [1.82, 2.24) is 4.90 Å². The van der Waals surface area contributed by atoms with Gasteiger partial charge < -0.3 is 14.4 Å². The summed E-state index contributed by atoms with van der Waals surface area (Å²) in [6.45, 7) is -3.08. The molecule has 1 amide bonds. The van der Waals surface area contributed by atoms with Crippen molar-refractivity contribution >= 4 is 29.6 Å². The molecule has 0 spiro atoms. The normalized spacial score (nSPS) is 10.9. The third-order valence-electron chi connectivity index (χ3n) is 3.59. The van der Waals surface area contributed by atoms with E-state index in [1.807, 2.05) is 0 Å². The van der Waals surface area contributed by atoms with Gasteiger partial charge in [-0.15, -0.1) is 0 Å². The first-order valence-electron chi connectivity index (χ1n) is 8.21. The molecule has 2 aromatic rings. The second kappa shape index (κ2) is 10.4. The van der Waals surface area contributed by atoms with E-state index in [4.69, 9.17) is 16.3 Å². The van der Waals surface area contributed by atoms with Gasteiger partial charge >= 0.3 is 12.6 Å². The zero-order chi connectivity index (χ0) is 20.5. The van der Waals surface area contributed by atoms with E-state index in [9.17, 15) is 18.4 Å². The minimum Gasteiger partial charge on any atom is -0.452 e. The van der Waals surface area contributed by atoms with Crippen LogP contribution in [-0.2, 0) is 20.9 Å². The van der Waals surface area contributed by atoms with Crippen LogP contribution in [0.4, 0.5) is 8.78 Å². The first-order chi connectivity index (χ1) is 13.3. The smallest absolute Gasteiger partial charge is 0.387 e. The van der Waals surface area contributed by atoms with E-state index in [2.05, 4.69) is 4.74 Å². The van der Waals surface area contributed by atoms with Gasteiger partial charge in [0, 0.05) is 24.7 Å². The Balaban J connectivity index is 1.79. The number of ether oxygens (including phenoxy) is 2. The first kappa shape index (κ1) is 21.4. The molecule has 0 aliphatic carbocycles. The zero-order valence-corrected chi connectivity index (χ0v) is 15.7. The van der Waals surface area contributed by atoms with E-state index in [1.165, 1.54) is 29.2 Å². The standard InChI is InChI=1S/C20H18ClF2NO4/c1-24(12-15-5-8-17(9-6-15)28-20(22)23)18(25)13-27-19(26)10-7-14-3-2-4-16(21)11-14/h2-11,20H,12-13H2,1H3/b10-7+. The van der Waals surface area contributed by atoms with E-state index in [0.29, 0.717) is 10.6 Å². The fourth-order valence-corrected chi connectivity index (χ4v) is 2.40. The van der Waals surface area contributed by atoms with Crippen LogP contribution >= 0.6 is 11.6 Å². The van der Waals surface area contributed by atoms with Crippen LogP contribution in [0.25, 0.3) is 6.08 Å². The Kier molecular flexibility index (Phi) is 7.95. The highest BCUT2D eigenvalue weighted by atomic mass is 35.5. The molecule has 2 rings (SSSR count). The number of halogens is 3. The molecule has 0 saturated heterocycles. The summed E-state index contributed by atoms with van der Waals surface area (Å²) in [5.41, 5.74) is 1.44. The largest absolute Gasteiger partial charge is 0.452 e. The Morgan fingerprint density at radius 1 is 1.18 bits per heavy atom. The number of rotatable bonds is 8. The lowest BCUT2D eigenvalue weighted by atomic mass is 10.2. The molecule has 0 saturated carbocycles. The number of carbonyl (C=O) groups excluding carboxylic acids is 2. The van der Waals surface area contributed by atoms with Gasteiger partial charge in [0.2, 0.25) is 0 Å². The van der Waals surface area contributed by atoms with E-state index in [1.54, 1.807) is 43.4 Å². The summed E-state index contributed by atoms with van der Waals surface area (Å²) in [6, 6.07) is 12.8. The third kappa shape index (κ3) is 7.36. The minimum absolute atomic E-state index is 0.0353. The predicted octanol–water partition coefficient (Wildman–Crippen LogP) is 4.16.